The highest BCUT2D eigenvalue weighted by Gasteiger charge is 2.34. The fraction of sp³-hybridized carbons (Fsp3) is 0.300. The molecule has 0 bridgehead atoms. The van der Waals surface area contributed by atoms with E-state index in [1.165, 1.54) is 0 Å². The molecule has 0 amide bonds. The second-order valence-corrected chi connectivity index (χ2v) is 6.25. The third-order valence-corrected chi connectivity index (χ3v) is 4.75. The van der Waals surface area contributed by atoms with Crippen LogP contribution in [-0.2, 0) is 0 Å². The van der Waals surface area contributed by atoms with Crippen molar-refractivity contribution in [3.05, 3.63) is 48.0 Å². The number of carbonyl (C=O) groups excluding carboxylic acids is 1. The van der Waals surface area contributed by atoms with E-state index in [0.29, 0.717) is 17.1 Å². The maximum atomic E-state index is 12.9. The Kier molecular flexibility index (Phi) is 5.70. The first kappa shape index (κ1) is 19.2. The van der Waals surface area contributed by atoms with E-state index in [2.05, 4.69) is 16.0 Å². The number of halogens is 1. The molecule has 0 fully saturated rings. The number of ether oxygens (including phenoxy) is 2. The average Bonchev–Trinajstić information content (AvgIpc) is 3.01. The van der Waals surface area contributed by atoms with Gasteiger partial charge < -0.3 is 19.3 Å². The highest BCUT2D eigenvalue weighted by molar-refractivity contribution is 8.93. The zero-order chi connectivity index (χ0) is 18.1. The topological polar surface area (TPSA) is 54.4 Å². The lowest BCUT2D eigenvalue weighted by atomic mass is 10.1. The summed E-state index contributed by atoms with van der Waals surface area (Å²) in [6.45, 7) is 1.96. The Labute approximate surface area is 169 Å². The van der Waals surface area contributed by atoms with Crippen LogP contribution in [0.15, 0.2) is 47.5 Å². The van der Waals surface area contributed by atoms with Crippen LogP contribution in [0.3, 0.4) is 0 Å². The monoisotopic (exact) mass is 431 g/mol. The Bertz CT molecular complexity index is 885. The molecule has 0 atom stereocenters. The largest absolute Gasteiger partial charge is 0.493 e. The molecule has 2 aromatic carbocycles. The first-order chi connectivity index (χ1) is 12.7. The van der Waals surface area contributed by atoms with Gasteiger partial charge in [0.05, 0.1) is 32.1 Å². The third-order valence-electron chi connectivity index (χ3n) is 4.75. The van der Waals surface area contributed by atoms with Crippen molar-refractivity contribution >= 4 is 40.1 Å². The van der Waals surface area contributed by atoms with E-state index in [9.17, 15) is 4.79 Å². The van der Waals surface area contributed by atoms with Gasteiger partial charge in [0.25, 0.3) is 0 Å². The molecule has 0 unspecified atom stereocenters. The highest BCUT2D eigenvalue weighted by Crippen LogP contribution is 2.38. The zero-order valence-electron chi connectivity index (χ0n) is 15.3. The average molecular weight is 432 g/mol. The number of ketones is 1. The molecule has 0 saturated heterocycles. The van der Waals surface area contributed by atoms with Gasteiger partial charge in [-0.15, -0.1) is 17.0 Å². The number of para-hydroxylation sites is 2. The lowest BCUT2D eigenvalue weighted by molar-refractivity contribution is 0.100. The van der Waals surface area contributed by atoms with Crippen molar-refractivity contribution in [3.63, 3.8) is 0 Å². The molecule has 0 saturated carbocycles. The second-order valence-electron chi connectivity index (χ2n) is 6.25. The summed E-state index contributed by atoms with van der Waals surface area (Å²) in [5.41, 5.74) is 2.74. The number of methoxy groups -OCH3 is 2. The molecular weight excluding hydrogens is 410 g/mol. The smallest absolute Gasteiger partial charge is 0.206 e. The van der Waals surface area contributed by atoms with Crippen LogP contribution < -0.4 is 19.3 Å². The van der Waals surface area contributed by atoms with Gasteiger partial charge in [-0.3, -0.25) is 9.79 Å². The van der Waals surface area contributed by atoms with Crippen LogP contribution in [-0.4, -0.2) is 45.6 Å². The predicted molar refractivity (Wildman–Crippen MR) is 112 cm³/mol. The van der Waals surface area contributed by atoms with E-state index >= 15 is 0 Å². The number of benzene rings is 2. The Morgan fingerprint density at radius 2 is 1.81 bits per heavy atom. The maximum Gasteiger partial charge on any atom is 0.206 e. The number of fused-ring (bicyclic) bond motifs is 3. The standard InChI is InChI=1S/C20H21N3O3.BrH/c1-25-18-9-8-14(12-19(18)26-2)17(24)13-23-16-7-4-3-6-15(16)22-11-5-10-21-20(22)23;/h3-4,6-9,12H,5,10-11,13H2,1-2H3;1H. The fourth-order valence-electron chi connectivity index (χ4n) is 3.48. The van der Waals surface area contributed by atoms with Crippen LogP contribution in [0.25, 0.3) is 0 Å². The first-order valence-corrected chi connectivity index (χ1v) is 8.66. The van der Waals surface area contributed by atoms with Gasteiger partial charge in [0, 0.05) is 18.7 Å². The number of rotatable bonds is 5. The normalized spacial score (nSPS) is 14.7. The Morgan fingerprint density at radius 3 is 2.56 bits per heavy atom. The SMILES string of the molecule is Br.COc1ccc(C(=O)CN2C3=NCCCN3c3ccccc32)cc1OC. The molecule has 7 heteroatoms. The Morgan fingerprint density at radius 1 is 1.07 bits per heavy atom. The van der Waals surface area contributed by atoms with Crippen LogP contribution in [0, 0.1) is 0 Å². The zero-order valence-corrected chi connectivity index (χ0v) is 17.1. The molecule has 2 aromatic rings. The molecule has 2 aliphatic rings. The molecule has 0 aromatic heterocycles. The van der Waals surface area contributed by atoms with Crippen molar-refractivity contribution < 1.29 is 14.3 Å². The molecule has 0 aliphatic carbocycles. The second kappa shape index (κ2) is 8.00. The Hall–Kier alpha value is -2.54. The van der Waals surface area contributed by atoms with Gasteiger partial charge in [-0.05, 0) is 36.8 Å². The van der Waals surface area contributed by atoms with Crippen LogP contribution in [0.2, 0.25) is 0 Å². The number of aliphatic imine (C=N–C) groups is 1. The van der Waals surface area contributed by atoms with E-state index in [-0.39, 0.29) is 29.3 Å². The van der Waals surface area contributed by atoms with Crippen LogP contribution in [0.5, 0.6) is 11.5 Å². The summed E-state index contributed by atoms with van der Waals surface area (Å²) in [6, 6.07) is 13.4. The van der Waals surface area contributed by atoms with Crippen molar-refractivity contribution in [3.8, 4) is 11.5 Å². The van der Waals surface area contributed by atoms with Crippen LogP contribution in [0.1, 0.15) is 16.8 Å². The molecule has 27 heavy (non-hydrogen) atoms. The summed E-state index contributed by atoms with van der Waals surface area (Å²) in [4.78, 5) is 21.8. The number of Topliss-reactive ketones (excluding diaryl/α,β-unsaturated/α-hetero) is 1. The van der Waals surface area contributed by atoms with E-state index in [1.54, 1.807) is 32.4 Å². The molecule has 2 aliphatic heterocycles. The lowest BCUT2D eigenvalue weighted by Gasteiger charge is -2.26. The Balaban J connectivity index is 0.00000210. The number of anilines is 2. The van der Waals surface area contributed by atoms with E-state index in [0.717, 1.165) is 36.8 Å². The molecule has 0 radical (unpaired) electrons. The van der Waals surface area contributed by atoms with Gasteiger partial charge in [0.15, 0.2) is 17.3 Å². The summed E-state index contributed by atoms with van der Waals surface area (Å²) >= 11 is 0. The van der Waals surface area contributed by atoms with Crippen molar-refractivity contribution in [1.29, 1.82) is 0 Å². The van der Waals surface area contributed by atoms with Gasteiger partial charge >= 0.3 is 0 Å². The van der Waals surface area contributed by atoms with Crippen molar-refractivity contribution in [2.45, 2.75) is 6.42 Å². The van der Waals surface area contributed by atoms with Gasteiger partial charge in [-0.1, -0.05) is 12.1 Å². The summed E-state index contributed by atoms with van der Waals surface area (Å²) in [5.74, 6) is 2.04. The van der Waals surface area contributed by atoms with Crippen LogP contribution in [0.4, 0.5) is 11.4 Å². The molecule has 0 N–H and O–H groups in total. The fourth-order valence-corrected chi connectivity index (χ4v) is 3.48. The molecule has 6 nitrogen and oxygen atoms in total. The number of guanidine groups is 1. The molecule has 2 heterocycles. The predicted octanol–water partition coefficient (Wildman–Crippen LogP) is 3.55. The summed E-state index contributed by atoms with van der Waals surface area (Å²) < 4.78 is 10.6. The van der Waals surface area contributed by atoms with E-state index < -0.39 is 0 Å². The van der Waals surface area contributed by atoms with E-state index in [1.807, 2.05) is 23.1 Å². The van der Waals surface area contributed by atoms with Gasteiger partial charge in [-0.2, -0.15) is 0 Å². The molecule has 142 valence electrons. The summed E-state index contributed by atoms with van der Waals surface area (Å²) in [7, 11) is 3.15. The summed E-state index contributed by atoms with van der Waals surface area (Å²) in [5, 5.41) is 0. The highest BCUT2D eigenvalue weighted by atomic mass is 79.9. The number of hydrogen-bond acceptors (Lipinski definition) is 6. The van der Waals surface area contributed by atoms with E-state index in [4.69, 9.17) is 9.47 Å². The van der Waals surface area contributed by atoms with Gasteiger partial charge in [0.1, 0.15) is 0 Å². The van der Waals surface area contributed by atoms with Crippen molar-refractivity contribution in [2.24, 2.45) is 4.99 Å². The van der Waals surface area contributed by atoms with Crippen molar-refractivity contribution in [1.82, 2.24) is 0 Å². The lowest BCUT2D eigenvalue weighted by Crippen LogP contribution is -2.43. The molecule has 4 rings (SSSR count). The maximum absolute atomic E-state index is 12.9. The summed E-state index contributed by atoms with van der Waals surface area (Å²) in [6.07, 6.45) is 1.02. The van der Waals surface area contributed by atoms with Gasteiger partial charge in [-0.25, -0.2) is 0 Å². The first-order valence-electron chi connectivity index (χ1n) is 8.66. The molecular formula is C20H22BrN3O3. The van der Waals surface area contributed by atoms with Crippen molar-refractivity contribution in [2.75, 3.05) is 43.7 Å². The molecule has 0 spiro atoms. The number of nitrogens with zero attached hydrogens (tertiary/aromatic N) is 3. The number of carbonyl (C=O) groups is 1. The third kappa shape index (κ3) is 3.39. The minimum Gasteiger partial charge on any atom is -0.493 e. The number of hydrogen-bond donors (Lipinski definition) is 0. The minimum atomic E-state index is 0. The minimum absolute atomic E-state index is 0. The quantitative estimate of drug-likeness (QED) is 0.677. The van der Waals surface area contributed by atoms with Gasteiger partial charge in [0.2, 0.25) is 5.96 Å². The van der Waals surface area contributed by atoms with Crippen LogP contribution >= 0.6 is 17.0 Å².